The van der Waals surface area contributed by atoms with Crippen LogP contribution >= 0.6 is 0 Å². The van der Waals surface area contributed by atoms with Crippen LogP contribution in [0.5, 0.6) is 0 Å². The highest BCUT2D eigenvalue weighted by Crippen LogP contribution is 2.42. The molecule has 1 unspecified atom stereocenters. The maximum absolute atomic E-state index is 12.7. The summed E-state index contributed by atoms with van der Waals surface area (Å²) in [6.45, 7) is 12.6. The molecule has 0 amide bonds. The van der Waals surface area contributed by atoms with Gasteiger partial charge in [0.05, 0.1) is 6.04 Å². The number of rotatable bonds is 1. The first-order valence-electron chi connectivity index (χ1n) is 6.84. The molecule has 18 heavy (non-hydrogen) atoms. The lowest BCUT2D eigenvalue weighted by molar-refractivity contribution is -0.148. The van der Waals surface area contributed by atoms with Crippen molar-refractivity contribution in [2.24, 2.45) is 5.92 Å². The summed E-state index contributed by atoms with van der Waals surface area (Å²) in [5.74, 6) is 0.484. The van der Waals surface area contributed by atoms with Crippen LogP contribution < -0.4 is 10.8 Å². The predicted octanol–water partition coefficient (Wildman–Crippen LogP) is 1.79. The van der Waals surface area contributed by atoms with Gasteiger partial charge in [-0.2, -0.15) is 5.48 Å². The van der Waals surface area contributed by atoms with Crippen molar-refractivity contribution in [3.05, 3.63) is 0 Å². The van der Waals surface area contributed by atoms with Crippen LogP contribution in [-0.2, 0) is 9.63 Å². The Morgan fingerprint density at radius 1 is 1.17 bits per heavy atom. The fourth-order valence-electron chi connectivity index (χ4n) is 3.74. The molecule has 1 spiro atoms. The van der Waals surface area contributed by atoms with Gasteiger partial charge >= 0.3 is 0 Å². The van der Waals surface area contributed by atoms with E-state index < -0.39 is 5.60 Å². The fourth-order valence-corrected chi connectivity index (χ4v) is 3.74. The van der Waals surface area contributed by atoms with Gasteiger partial charge in [0.1, 0.15) is 0 Å². The average Bonchev–Trinajstić information content (AvgIpc) is 2.38. The Kier molecular flexibility index (Phi) is 3.12. The van der Waals surface area contributed by atoms with Gasteiger partial charge in [0.2, 0.25) is 0 Å². The van der Waals surface area contributed by atoms with E-state index in [1.165, 1.54) is 0 Å². The van der Waals surface area contributed by atoms with E-state index in [0.29, 0.717) is 0 Å². The zero-order chi connectivity index (χ0) is 13.8. The largest absolute Gasteiger partial charge is 0.307 e. The molecule has 2 aliphatic heterocycles. The van der Waals surface area contributed by atoms with E-state index in [4.69, 9.17) is 4.84 Å². The molecule has 0 bridgehead atoms. The summed E-state index contributed by atoms with van der Waals surface area (Å²) in [6.07, 6.45) is 1.44. The molecule has 0 aromatic rings. The lowest BCUT2D eigenvalue weighted by Crippen LogP contribution is -2.65. The van der Waals surface area contributed by atoms with E-state index >= 15 is 0 Å². The summed E-state index contributed by atoms with van der Waals surface area (Å²) in [5, 5.41) is 3.59. The van der Waals surface area contributed by atoms with Crippen molar-refractivity contribution in [2.45, 2.75) is 77.1 Å². The van der Waals surface area contributed by atoms with Crippen LogP contribution in [0.15, 0.2) is 0 Å². The highest BCUT2D eigenvalue weighted by Gasteiger charge is 2.58. The van der Waals surface area contributed by atoms with E-state index in [2.05, 4.69) is 52.3 Å². The van der Waals surface area contributed by atoms with Gasteiger partial charge < -0.3 is 5.32 Å². The molecule has 2 saturated heterocycles. The molecule has 104 valence electrons. The number of hydroxylamine groups is 1. The summed E-state index contributed by atoms with van der Waals surface area (Å²) in [7, 11) is 0. The quantitative estimate of drug-likeness (QED) is 0.749. The molecule has 0 radical (unpaired) electrons. The van der Waals surface area contributed by atoms with Gasteiger partial charge in [-0.15, -0.1) is 0 Å². The number of carbonyl (C=O) groups excluding carboxylic acids is 1. The van der Waals surface area contributed by atoms with Crippen molar-refractivity contribution in [1.82, 2.24) is 10.8 Å². The number of hydrogen-bond donors (Lipinski definition) is 2. The van der Waals surface area contributed by atoms with Gasteiger partial charge in [0, 0.05) is 23.9 Å². The van der Waals surface area contributed by atoms with Crippen LogP contribution in [0.4, 0.5) is 0 Å². The SMILES string of the molecule is CC(C)C1NOC2(CC(C)(C)NC(C)(C)C2)C1=O. The van der Waals surface area contributed by atoms with Crippen LogP contribution in [0, 0.1) is 5.92 Å². The standard InChI is InChI=1S/C14H26N2O2/c1-9(2)10-11(17)14(18-15-10)7-12(3,4)16-13(5,6)8-14/h9-10,15-16H,7-8H2,1-6H3. The van der Waals surface area contributed by atoms with Crippen molar-refractivity contribution in [1.29, 1.82) is 0 Å². The summed E-state index contributed by atoms with van der Waals surface area (Å²) in [4.78, 5) is 18.5. The Morgan fingerprint density at radius 2 is 1.67 bits per heavy atom. The fraction of sp³-hybridized carbons (Fsp3) is 0.929. The van der Waals surface area contributed by atoms with Gasteiger partial charge in [-0.25, -0.2) is 0 Å². The van der Waals surface area contributed by atoms with Crippen molar-refractivity contribution in [3.8, 4) is 0 Å². The average molecular weight is 254 g/mol. The van der Waals surface area contributed by atoms with E-state index in [0.717, 1.165) is 12.8 Å². The first-order valence-corrected chi connectivity index (χ1v) is 6.84. The number of hydrogen-bond acceptors (Lipinski definition) is 4. The van der Waals surface area contributed by atoms with Gasteiger partial charge in [0.15, 0.2) is 11.4 Å². The summed E-state index contributed by atoms with van der Waals surface area (Å²) in [5.41, 5.74) is 2.12. The second-order valence-corrected chi connectivity index (χ2v) is 7.55. The maximum Gasteiger partial charge on any atom is 0.186 e. The molecule has 4 nitrogen and oxygen atoms in total. The number of piperidine rings is 1. The smallest absolute Gasteiger partial charge is 0.186 e. The van der Waals surface area contributed by atoms with Crippen molar-refractivity contribution in [2.75, 3.05) is 0 Å². The van der Waals surface area contributed by atoms with E-state index in [9.17, 15) is 4.79 Å². The third-order valence-corrected chi connectivity index (χ3v) is 3.91. The minimum absolute atomic E-state index is 0.0923. The summed E-state index contributed by atoms with van der Waals surface area (Å²) >= 11 is 0. The molecule has 0 saturated carbocycles. The van der Waals surface area contributed by atoms with Crippen molar-refractivity contribution in [3.63, 3.8) is 0 Å². The number of ketones is 1. The van der Waals surface area contributed by atoms with Crippen LogP contribution in [0.1, 0.15) is 54.4 Å². The van der Waals surface area contributed by atoms with Gasteiger partial charge in [0.25, 0.3) is 0 Å². The van der Waals surface area contributed by atoms with E-state index in [-0.39, 0.29) is 28.8 Å². The highest BCUT2D eigenvalue weighted by atomic mass is 16.7. The topological polar surface area (TPSA) is 50.4 Å². The minimum atomic E-state index is -0.660. The van der Waals surface area contributed by atoms with E-state index in [1.54, 1.807) is 0 Å². The Bertz CT molecular complexity index is 345. The molecule has 2 rings (SSSR count). The number of nitrogens with one attached hydrogen (secondary N) is 2. The number of carbonyl (C=O) groups is 1. The second kappa shape index (κ2) is 4.02. The highest BCUT2D eigenvalue weighted by molar-refractivity contribution is 5.94. The molecule has 2 N–H and O–H groups in total. The first-order chi connectivity index (χ1) is 8.07. The predicted molar refractivity (Wildman–Crippen MR) is 71.1 cm³/mol. The van der Waals surface area contributed by atoms with E-state index in [1.807, 2.05) is 0 Å². The minimum Gasteiger partial charge on any atom is -0.307 e. The lowest BCUT2D eigenvalue weighted by atomic mass is 9.70. The Hall–Kier alpha value is -0.450. The lowest BCUT2D eigenvalue weighted by Gasteiger charge is -2.49. The Labute approximate surface area is 110 Å². The van der Waals surface area contributed by atoms with Crippen LogP contribution in [0.3, 0.4) is 0 Å². The van der Waals surface area contributed by atoms with Crippen LogP contribution in [-0.4, -0.2) is 28.5 Å². The normalized spacial score (nSPS) is 33.3. The molecular formula is C14H26N2O2. The van der Waals surface area contributed by atoms with Gasteiger partial charge in [-0.1, -0.05) is 13.8 Å². The monoisotopic (exact) mass is 254 g/mol. The Morgan fingerprint density at radius 3 is 2.06 bits per heavy atom. The second-order valence-electron chi connectivity index (χ2n) is 7.55. The molecule has 1 atom stereocenters. The zero-order valence-electron chi connectivity index (χ0n) is 12.4. The Balaban J connectivity index is 2.29. The van der Waals surface area contributed by atoms with Crippen molar-refractivity contribution < 1.29 is 9.63 Å². The molecule has 4 heteroatoms. The maximum atomic E-state index is 12.7. The molecule has 2 fully saturated rings. The molecular weight excluding hydrogens is 228 g/mol. The third kappa shape index (κ3) is 2.33. The zero-order valence-corrected chi connectivity index (χ0v) is 12.4. The molecule has 0 aliphatic carbocycles. The first kappa shape index (κ1) is 14.0. The summed E-state index contributed by atoms with van der Waals surface area (Å²) < 4.78 is 0. The third-order valence-electron chi connectivity index (χ3n) is 3.91. The molecule has 0 aromatic carbocycles. The summed E-state index contributed by atoms with van der Waals surface area (Å²) in [6, 6.07) is -0.172. The van der Waals surface area contributed by atoms with Crippen LogP contribution in [0.25, 0.3) is 0 Å². The molecule has 0 aromatic heterocycles. The van der Waals surface area contributed by atoms with Crippen LogP contribution in [0.2, 0.25) is 0 Å². The van der Waals surface area contributed by atoms with Crippen molar-refractivity contribution >= 4 is 5.78 Å². The number of Topliss-reactive ketones (excluding diaryl/α,β-unsaturated/α-hetero) is 1. The van der Waals surface area contributed by atoms with Gasteiger partial charge in [-0.05, 0) is 33.6 Å². The van der Waals surface area contributed by atoms with Gasteiger partial charge in [-0.3, -0.25) is 9.63 Å². The molecule has 2 heterocycles. The molecule has 2 aliphatic rings.